The monoisotopic (exact) mass is 296 g/mol. The van der Waals surface area contributed by atoms with E-state index in [0.29, 0.717) is 16.3 Å². The topological polar surface area (TPSA) is 0 Å². The van der Waals surface area contributed by atoms with Gasteiger partial charge in [-0.05, 0) is 0 Å². The van der Waals surface area contributed by atoms with Crippen molar-refractivity contribution in [3.8, 4) is 0 Å². The zero-order valence-electron chi connectivity index (χ0n) is 3.01. The molecule has 7 heavy (non-hydrogen) atoms. The fourth-order valence-corrected chi connectivity index (χ4v) is 4.34. The number of hydrogen-bond donors (Lipinski definition) is 0. The van der Waals surface area contributed by atoms with Crippen LogP contribution in [0.4, 0.5) is 0 Å². The molecule has 0 bridgehead atoms. The van der Waals surface area contributed by atoms with Gasteiger partial charge in [-0.2, -0.15) is 0 Å². The van der Waals surface area contributed by atoms with Gasteiger partial charge in [-0.3, -0.25) is 0 Å². The van der Waals surface area contributed by atoms with Crippen molar-refractivity contribution in [3.63, 3.8) is 0 Å². The highest BCUT2D eigenvalue weighted by atomic mass is 79.9. The van der Waals surface area contributed by atoms with Gasteiger partial charge in [-0.1, -0.05) is 0 Å². The molecular formula is CBr2Cl2Si2. The van der Waals surface area contributed by atoms with Crippen LogP contribution in [-0.4, -0.2) is 19.9 Å². The number of alkyl halides is 2. The first-order valence-corrected chi connectivity index (χ1v) is 8.53. The first kappa shape index (κ1) is 8.97. The first-order chi connectivity index (χ1) is 3.12. The van der Waals surface area contributed by atoms with E-state index in [2.05, 4.69) is 30.6 Å². The summed E-state index contributed by atoms with van der Waals surface area (Å²) in [6.07, 6.45) is 0. The lowest BCUT2D eigenvalue weighted by Gasteiger charge is -2.06. The Hall–Kier alpha value is 1.97. The molecule has 0 fully saturated rings. The summed E-state index contributed by atoms with van der Waals surface area (Å²) in [5, 5.41) is 0. The standard InChI is InChI=1S/CBr2Cl2Si2/c2-6-1(4,5)7-3. The molecule has 0 heterocycles. The molecule has 0 amide bonds. The summed E-state index contributed by atoms with van der Waals surface area (Å²) in [4.78, 5) is 0. The van der Waals surface area contributed by atoms with Crippen molar-refractivity contribution in [1.29, 1.82) is 0 Å². The van der Waals surface area contributed by atoms with Crippen LogP contribution in [0.15, 0.2) is 0 Å². The molecule has 0 aromatic heterocycles. The second-order valence-electron chi connectivity index (χ2n) is 0.763. The summed E-state index contributed by atoms with van der Waals surface area (Å²) in [5.41, 5.74) is 0. The lowest BCUT2D eigenvalue weighted by atomic mass is 11.8. The van der Waals surface area contributed by atoms with Crippen LogP contribution in [0, 0.1) is 0 Å². The zero-order chi connectivity index (χ0) is 5.91. The van der Waals surface area contributed by atoms with Crippen molar-refractivity contribution >= 4 is 70.1 Å². The van der Waals surface area contributed by atoms with Crippen LogP contribution in [0.25, 0.3) is 0 Å². The highest BCUT2D eigenvalue weighted by Crippen LogP contribution is 2.20. The highest BCUT2D eigenvalue weighted by molar-refractivity contribution is 9.25. The Labute approximate surface area is 73.1 Å². The van der Waals surface area contributed by atoms with Gasteiger partial charge < -0.3 is 0 Å². The second kappa shape index (κ2) is 3.90. The third kappa shape index (κ3) is 4.48. The number of halogens is 4. The van der Waals surface area contributed by atoms with E-state index < -0.39 is 3.58 Å². The molecule has 4 radical (unpaired) electrons. The van der Waals surface area contributed by atoms with Crippen molar-refractivity contribution in [3.05, 3.63) is 0 Å². The minimum Gasteiger partial charge on any atom is -0.128 e. The molecule has 0 atom stereocenters. The third-order valence-electron chi connectivity index (χ3n) is 0.237. The van der Waals surface area contributed by atoms with Gasteiger partial charge in [0.15, 0.2) is 16.3 Å². The molecule has 0 nitrogen and oxygen atoms in total. The van der Waals surface area contributed by atoms with Crippen LogP contribution in [0.1, 0.15) is 0 Å². The van der Waals surface area contributed by atoms with Crippen LogP contribution in [0.5, 0.6) is 0 Å². The minimum atomic E-state index is -0.583. The highest BCUT2D eigenvalue weighted by Gasteiger charge is 2.22. The maximum atomic E-state index is 5.60. The maximum absolute atomic E-state index is 5.60. The van der Waals surface area contributed by atoms with Crippen LogP contribution >= 0.6 is 53.8 Å². The number of hydrogen-bond acceptors (Lipinski definition) is 0. The van der Waals surface area contributed by atoms with Gasteiger partial charge in [0.05, 0.1) is 0 Å². The maximum Gasteiger partial charge on any atom is 0.179 e. The fourth-order valence-electron chi connectivity index (χ4n) is 0.0179. The summed E-state index contributed by atoms with van der Waals surface area (Å²) in [7, 11) is 0.787. The van der Waals surface area contributed by atoms with E-state index in [1.807, 2.05) is 0 Å². The van der Waals surface area contributed by atoms with Gasteiger partial charge in [0.2, 0.25) is 0 Å². The van der Waals surface area contributed by atoms with Crippen molar-refractivity contribution in [1.82, 2.24) is 0 Å². The van der Waals surface area contributed by atoms with Gasteiger partial charge in [0.1, 0.15) is 3.58 Å². The molecule has 0 aliphatic heterocycles. The molecule has 0 aromatic rings. The fraction of sp³-hybridized carbons (Fsp3) is 1.00. The predicted octanol–water partition coefficient (Wildman–Crippen LogP) is 2.10. The van der Waals surface area contributed by atoms with E-state index in [0.717, 1.165) is 0 Å². The summed E-state index contributed by atoms with van der Waals surface area (Å²) in [5.74, 6) is 0. The Morgan fingerprint density at radius 2 is 1.43 bits per heavy atom. The summed E-state index contributed by atoms with van der Waals surface area (Å²) in [6, 6.07) is 0. The van der Waals surface area contributed by atoms with E-state index in [9.17, 15) is 0 Å². The summed E-state index contributed by atoms with van der Waals surface area (Å²) < 4.78 is -0.583. The van der Waals surface area contributed by atoms with E-state index >= 15 is 0 Å². The van der Waals surface area contributed by atoms with Gasteiger partial charge >= 0.3 is 0 Å². The van der Waals surface area contributed by atoms with Crippen molar-refractivity contribution in [2.24, 2.45) is 0 Å². The molecule has 0 aromatic carbocycles. The Bertz CT molecular complexity index is 51.7. The smallest absolute Gasteiger partial charge is 0.128 e. The molecule has 6 heteroatoms. The zero-order valence-corrected chi connectivity index (χ0v) is 9.70. The van der Waals surface area contributed by atoms with Crippen molar-refractivity contribution in [2.45, 2.75) is 3.58 Å². The van der Waals surface area contributed by atoms with E-state index in [1.165, 1.54) is 0 Å². The lowest BCUT2D eigenvalue weighted by molar-refractivity contribution is 1.73. The second-order valence-corrected chi connectivity index (χ2v) is 8.12. The third-order valence-corrected chi connectivity index (χ3v) is 11.1. The van der Waals surface area contributed by atoms with E-state index in [1.54, 1.807) is 0 Å². The number of rotatable bonds is 2. The lowest BCUT2D eigenvalue weighted by Crippen LogP contribution is -2.22. The van der Waals surface area contributed by atoms with Crippen molar-refractivity contribution in [2.75, 3.05) is 0 Å². The molecule has 0 saturated heterocycles. The quantitative estimate of drug-likeness (QED) is 0.416. The molecule has 40 valence electrons. The molecule has 0 spiro atoms. The minimum absolute atomic E-state index is 0.393. The van der Waals surface area contributed by atoms with Crippen LogP contribution in [0.3, 0.4) is 0 Å². The van der Waals surface area contributed by atoms with Gasteiger partial charge in [-0.15, -0.1) is 53.8 Å². The molecule has 0 rings (SSSR count). The molecule has 0 unspecified atom stereocenters. The Morgan fingerprint density at radius 1 is 1.14 bits per heavy atom. The van der Waals surface area contributed by atoms with Crippen LogP contribution in [0.2, 0.25) is 0 Å². The molecule has 0 aliphatic rings. The molecule has 0 N–H and O–H groups in total. The normalized spacial score (nSPS) is 12.0. The molecule has 0 aliphatic carbocycles. The Morgan fingerprint density at radius 3 is 1.43 bits per heavy atom. The van der Waals surface area contributed by atoms with Gasteiger partial charge in [0.25, 0.3) is 0 Å². The van der Waals surface area contributed by atoms with E-state index in [-0.39, 0.29) is 0 Å². The SMILES string of the molecule is ClC(Cl)([Si]Br)[Si]Br. The van der Waals surface area contributed by atoms with Gasteiger partial charge in [-0.25, -0.2) is 0 Å². The average molecular weight is 299 g/mol. The Balaban J connectivity index is 3.36. The largest absolute Gasteiger partial charge is 0.179 e. The van der Waals surface area contributed by atoms with Crippen LogP contribution < -0.4 is 0 Å². The van der Waals surface area contributed by atoms with Crippen molar-refractivity contribution < 1.29 is 0 Å². The van der Waals surface area contributed by atoms with Gasteiger partial charge in [0, 0.05) is 0 Å². The first-order valence-electron chi connectivity index (χ1n) is 1.26. The van der Waals surface area contributed by atoms with Crippen LogP contribution in [-0.2, 0) is 0 Å². The Kier molecular flexibility index (Phi) is 5.00. The average Bonchev–Trinajstić information content (AvgIpc) is 1.68. The summed E-state index contributed by atoms with van der Waals surface area (Å²) >= 11 is 17.5. The predicted molar refractivity (Wildman–Crippen MR) is 43.8 cm³/mol. The summed E-state index contributed by atoms with van der Waals surface area (Å²) in [6.45, 7) is 0. The molecular weight excluding hydrogens is 299 g/mol. The molecule has 0 saturated carbocycles. The van der Waals surface area contributed by atoms with E-state index in [4.69, 9.17) is 23.2 Å².